The van der Waals surface area contributed by atoms with Crippen LogP contribution in [-0.4, -0.2) is 54.2 Å². The van der Waals surface area contributed by atoms with Crippen LogP contribution in [0.25, 0.3) is 16.0 Å². The van der Waals surface area contributed by atoms with E-state index in [9.17, 15) is 4.79 Å². The molecule has 0 atom stereocenters. The highest BCUT2D eigenvalue weighted by Gasteiger charge is 2.32. The van der Waals surface area contributed by atoms with E-state index >= 15 is 0 Å². The minimum Gasteiger partial charge on any atom is -0.461 e. The molecule has 0 spiro atoms. The second-order valence-corrected chi connectivity index (χ2v) is 9.33. The Hall–Kier alpha value is -4.00. The van der Waals surface area contributed by atoms with E-state index in [2.05, 4.69) is 44.0 Å². The summed E-state index contributed by atoms with van der Waals surface area (Å²) in [5.41, 5.74) is 11.2. The van der Waals surface area contributed by atoms with Gasteiger partial charge in [-0.1, -0.05) is 36.4 Å². The third-order valence-electron chi connectivity index (χ3n) is 6.83. The fraction of sp³-hybridized carbons (Fsp3) is 0.357. The molecule has 5 rings (SSSR count). The number of hydrogen-bond donors (Lipinski definition) is 1. The molecule has 9 nitrogen and oxygen atoms in total. The summed E-state index contributed by atoms with van der Waals surface area (Å²) < 4.78 is 10.5. The maximum absolute atomic E-state index is 12.9. The molecular weight excluding hydrogens is 468 g/mol. The molecular formula is C28H30N6O3. The van der Waals surface area contributed by atoms with Crippen molar-refractivity contribution in [2.45, 2.75) is 32.4 Å². The van der Waals surface area contributed by atoms with Crippen molar-refractivity contribution in [1.82, 2.24) is 14.9 Å². The summed E-state index contributed by atoms with van der Waals surface area (Å²) in [5, 5.41) is 0. The Labute approximate surface area is 216 Å². The van der Waals surface area contributed by atoms with Crippen LogP contribution in [0.15, 0.2) is 42.5 Å². The van der Waals surface area contributed by atoms with E-state index in [1.54, 1.807) is 12.0 Å². The molecule has 1 amide bonds. The zero-order valence-corrected chi connectivity index (χ0v) is 20.9. The van der Waals surface area contributed by atoms with Crippen LogP contribution in [0.1, 0.15) is 29.5 Å². The van der Waals surface area contributed by atoms with E-state index in [4.69, 9.17) is 21.8 Å². The van der Waals surface area contributed by atoms with Gasteiger partial charge in [-0.15, -0.1) is 0 Å². The van der Waals surface area contributed by atoms with Crippen LogP contribution in [0.4, 0.5) is 17.3 Å². The Morgan fingerprint density at radius 3 is 2.51 bits per heavy atom. The van der Waals surface area contributed by atoms with Crippen LogP contribution in [0.2, 0.25) is 0 Å². The molecule has 0 unspecified atom stereocenters. The molecule has 37 heavy (non-hydrogen) atoms. The number of amides is 1. The van der Waals surface area contributed by atoms with Gasteiger partial charge in [-0.25, -0.2) is 4.85 Å². The lowest BCUT2D eigenvalue weighted by molar-refractivity contribution is -0.117. The largest absolute Gasteiger partial charge is 0.461 e. The number of fused-ring (bicyclic) bond motifs is 1. The van der Waals surface area contributed by atoms with E-state index < -0.39 is 0 Å². The standard InChI is InChI=1S/C28H30N6O3/c1-30-24-15-21(20-7-5-19(6-8-20)17-33-11-3-4-12-33)9-10-22(24)18-34-25(35)16-23-26(29)31-28(32-27(23)34)37-14-13-36-2/h5-10,15H,3-4,11-14,16-18H2,2H3,(H2,29,31,32). The van der Waals surface area contributed by atoms with Gasteiger partial charge in [0, 0.05) is 25.8 Å². The number of rotatable bonds is 9. The van der Waals surface area contributed by atoms with Crippen LogP contribution >= 0.6 is 0 Å². The Balaban J connectivity index is 1.35. The van der Waals surface area contributed by atoms with E-state index in [0.29, 0.717) is 23.7 Å². The van der Waals surface area contributed by atoms with Crippen molar-refractivity contribution in [3.8, 4) is 17.1 Å². The molecule has 2 aromatic carbocycles. The lowest BCUT2D eigenvalue weighted by Gasteiger charge is -2.19. The topological polar surface area (TPSA) is 98.2 Å². The SMILES string of the molecule is [C-]#[N+]c1cc(-c2ccc(CN3CCCC3)cc2)ccc1CN1C(=O)Cc2c(N)nc(OCCOC)nc21. The summed E-state index contributed by atoms with van der Waals surface area (Å²) in [7, 11) is 1.58. The molecule has 1 saturated heterocycles. The second-order valence-electron chi connectivity index (χ2n) is 9.33. The van der Waals surface area contributed by atoms with Crippen molar-refractivity contribution < 1.29 is 14.3 Å². The van der Waals surface area contributed by atoms with Gasteiger partial charge < -0.3 is 15.2 Å². The van der Waals surface area contributed by atoms with E-state index in [1.807, 2.05) is 18.2 Å². The average Bonchev–Trinajstić information content (AvgIpc) is 3.53. The van der Waals surface area contributed by atoms with Gasteiger partial charge in [0.05, 0.1) is 19.6 Å². The van der Waals surface area contributed by atoms with E-state index in [-0.39, 0.29) is 37.3 Å². The Morgan fingerprint density at radius 1 is 1.03 bits per heavy atom. The molecule has 2 aliphatic rings. The lowest BCUT2D eigenvalue weighted by Crippen LogP contribution is -2.26. The summed E-state index contributed by atoms with van der Waals surface area (Å²) in [5.74, 6) is 0.513. The van der Waals surface area contributed by atoms with Crippen molar-refractivity contribution in [2.24, 2.45) is 0 Å². The number of benzene rings is 2. The minimum absolute atomic E-state index is 0.0990. The second kappa shape index (κ2) is 10.9. The van der Waals surface area contributed by atoms with Crippen LogP contribution in [0.5, 0.6) is 6.01 Å². The summed E-state index contributed by atoms with van der Waals surface area (Å²) in [6.07, 6.45) is 2.68. The fourth-order valence-corrected chi connectivity index (χ4v) is 4.82. The van der Waals surface area contributed by atoms with Gasteiger partial charge in [0.15, 0.2) is 5.69 Å². The third kappa shape index (κ3) is 5.40. The quantitative estimate of drug-likeness (QED) is 0.352. The fourth-order valence-electron chi connectivity index (χ4n) is 4.82. The third-order valence-corrected chi connectivity index (χ3v) is 6.83. The number of carbonyl (C=O) groups excluding carboxylic acids is 1. The van der Waals surface area contributed by atoms with E-state index in [1.165, 1.54) is 31.5 Å². The molecule has 1 fully saturated rings. The molecule has 0 radical (unpaired) electrons. The molecule has 2 N–H and O–H groups in total. The van der Waals surface area contributed by atoms with Crippen molar-refractivity contribution >= 4 is 23.2 Å². The molecule has 1 aromatic heterocycles. The molecule has 3 heterocycles. The van der Waals surface area contributed by atoms with Crippen molar-refractivity contribution in [1.29, 1.82) is 0 Å². The minimum atomic E-state index is -0.140. The number of nitrogens with zero attached hydrogens (tertiary/aromatic N) is 5. The van der Waals surface area contributed by atoms with Gasteiger partial charge in [0.25, 0.3) is 0 Å². The summed E-state index contributed by atoms with van der Waals surface area (Å²) >= 11 is 0. The highest BCUT2D eigenvalue weighted by molar-refractivity contribution is 6.01. The first-order valence-electron chi connectivity index (χ1n) is 12.5. The molecule has 0 saturated carbocycles. The lowest BCUT2D eigenvalue weighted by atomic mass is 10.0. The number of nitrogens with two attached hydrogens (primary N) is 1. The molecule has 9 heteroatoms. The van der Waals surface area contributed by atoms with Gasteiger partial charge in [0.2, 0.25) is 5.91 Å². The Morgan fingerprint density at radius 2 is 1.78 bits per heavy atom. The first-order valence-corrected chi connectivity index (χ1v) is 12.5. The number of carbonyl (C=O) groups is 1. The van der Waals surface area contributed by atoms with Crippen molar-refractivity contribution in [2.75, 3.05) is 44.0 Å². The number of hydrogen-bond acceptors (Lipinski definition) is 7. The summed E-state index contributed by atoms with van der Waals surface area (Å²) in [6, 6.07) is 14.4. The maximum atomic E-state index is 12.9. The molecule has 0 bridgehead atoms. The Kier molecular flexibility index (Phi) is 7.30. The summed E-state index contributed by atoms with van der Waals surface area (Å²) in [4.78, 5) is 29.3. The van der Waals surface area contributed by atoms with Gasteiger partial charge in [-0.3, -0.25) is 14.6 Å². The molecule has 2 aliphatic heterocycles. The average molecular weight is 499 g/mol. The van der Waals surface area contributed by atoms with Gasteiger partial charge in [-0.2, -0.15) is 9.97 Å². The van der Waals surface area contributed by atoms with Gasteiger partial charge in [-0.05, 0) is 54.3 Å². The van der Waals surface area contributed by atoms with Crippen LogP contribution < -0.4 is 15.4 Å². The normalized spacial score (nSPS) is 15.1. The molecule has 190 valence electrons. The number of likely N-dealkylation sites (tertiary alicyclic amines) is 1. The van der Waals surface area contributed by atoms with Crippen LogP contribution in [0, 0.1) is 6.57 Å². The number of nitrogen functional groups attached to an aromatic ring is 1. The smallest absolute Gasteiger partial charge is 0.320 e. The first kappa shape index (κ1) is 24.7. The molecule has 0 aliphatic carbocycles. The Bertz CT molecular complexity index is 1330. The van der Waals surface area contributed by atoms with Gasteiger partial charge >= 0.3 is 6.01 Å². The number of methoxy groups -OCH3 is 1. The number of aromatic nitrogens is 2. The molecule has 3 aromatic rings. The highest BCUT2D eigenvalue weighted by atomic mass is 16.5. The number of ether oxygens (including phenoxy) is 2. The monoisotopic (exact) mass is 498 g/mol. The van der Waals surface area contributed by atoms with Crippen LogP contribution in [0.3, 0.4) is 0 Å². The van der Waals surface area contributed by atoms with Gasteiger partial charge in [0.1, 0.15) is 18.2 Å². The number of anilines is 2. The summed E-state index contributed by atoms with van der Waals surface area (Å²) in [6.45, 7) is 12.0. The maximum Gasteiger partial charge on any atom is 0.320 e. The predicted octanol–water partition coefficient (Wildman–Crippen LogP) is 3.99. The zero-order chi connectivity index (χ0) is 25.8. The zero-order valence-electron chi connectivity index (χ0n) is 20.9. The van der Waals surface area contributed by atoms with Crippen molar-refractivity contribution in [3.63, 3.8) is 0 Å². The first-order chi connectivity index (χ1) is 18.1. The van der Waals surface area contributed by atoms with E-state index in [0.717, 1.165) is 23.2 Å². The predicted molar refractivity (Wildman–Crippen MR) is 141 cm³/mol. The van der Waals surface area contributed by atoms with Crippen LogP contribution in [-0.2, 0) is 29.0 Å². The highest BCUT2D eigenvalue weighted by Crippen LogP contribution is 2.35. The van der Waals surface area contributed by atoms with Crippen molar-refractivity contribution in [3.05, 3.63) is 70.6 Å².